The van der Waals surface area contributed by atoms with Gasteiger partial charge in [-0.05, 0) is 40.2 Å². The number of hydrogen-bond acceptors (Lipinski definition) is 5. The van der Waals surface area contributed by atoms with Crippen molar-refractivity contribution in [3.05, 3.63) is 44.3 Å². The maximum atomic E-state index is 12.5. The molecule has 1 aliphatic rings. The second-order valence-corrected chi connectivity index (χ2v) is 7.77. The maximum absolute atomic E-state index is 12.5. The molecule has 1 unspecified atom stereocenters. The van der Waals surface area contributed by atoms with Crippen molar-refractivity contribution < 1.29 is 14.3 Å². The summed E-state index contributed by atoms with van der Waals surface area (Å²) in [5, 5.41) is 0.319. The fourth-order valence-electron chi connectivity index (χ4n) is 2.25. The minimum atomic E-state index is -0.188. The van der Waals surface area contributed by atoms with Crippen molar-refractivity contribution in [2.45, 2.75) is 6.10 Å². The number of ether oxygens (including phenoxy) is 2. The van der Waals surface area contributed by atoms with Gasteiger partial charge in [-0.2, -0.15) is 0 Å². The third-order valence-electron chi connectivity index (χ3n) is 3.36. The SMILES string of the molecule is O=C(c1ccc(Br)s1)N1CCOC(COc2cccnc2Cl)C1. The fourth-order valence-corrected chi connectivity index (χ4v) is 3.78. The standard InChI is InChI=1S/C15H14BrClN2O3S/c16-13-4-3-12(23-13)15(20)19-6-7-21-10(8-19)9-22-11-2-1-5-18-14(11)17/h1-5,10H,6-9H2. The van der Waals surface area contributed by atoms with Crippen LogP contribution in [0.1, 0.15) is 9.67 Å². The van der Waals surface area contributed by atoms with Gasteiger partial charge in [0.1, 0.15) is 12.7 Å². The summed E-state index contributed by atoms with van der Waals surface area (Å²) in [5.74, 6) is 0.539. The maximum Gasteiger partial charge on any atom is 0.264 e. The Morgan fingerprint density at radius 3 is 3.13 bits per heavy atom. The minimum absolute atomic E-state index is 0.0217. The van der Waals surface area contributed by atoms with E-state index in [9.17, 15) is 4.79 Å². The van der Waals surface area contributed by atoms with Gasteiger partial charge in [-0.25, -0.2) is 4.98 Å². The molecule has 2 aromatic heterocycles. The zero-order valence-corrected chi connectivity index (χ0v) is 15.2. The number of carbonyl (C=O) groups excluding carboxylic acids is 1. The topological polar surface area (TPSA) is 51.7 Å². The van der Waals surface area contributed by atoms with Gasteiger partial charge in [0.15, 0.2) is 10.9 Å². The highest BCUT2D eigenvalue weighted by atomic mass is 79.9. The molecule has 1 aliphatic heterocycles. The van der Waals surface area contributed by atoms with Crippen LogP contribution in [0.25, 0.3) is 0 Å². The van der Waals surface area contributed by atoms with Gasteiger partial charge in [0.05, 0.1) is 21.8 Å². The number of aromatic nitrogens is 1. The Balaban J connectivity index is 1.58. The zero-order valence-electron chi connectivity index (χ0n) is 12.1. The first-order valence-electron chi connectivity index (χ1n) is 7.03. The first-order valence-corrected chi connectivity index (χ1v) is 9.02. The molecular weight excluding hydrogens is 404 g/mol. The van der Waals surface area contributed by atoms with E-state index in [2.05, 4.69) is 20.9 Å². The summed E-state index contributed by atoms with van der Waals surface area (Å²) in [7, 11) is 0. The molecule has 1 saturated heterocycles. The first kappa shape index (κ1) is 16.7. The summed E-state index contributed by atoms with van der Waals surface area (Å²) in [6, 6.07) is 7.22. The van der Waals surface area contributed by atoms with Crippen molar-refractivity contribution >= 4 is 44.8 Å². The zero-order chi connectivity index (χ0) is 16.2. The minimum Gasteiger partial charge on any atom is -0.488 e. The lowest BCUT2D eigenvalue weighted by Gasteiger charge is -2.32. The molecule has 3 heterocycles. The highest BCUT2D eigenvalue weighted by Gasteiger charge is 2.26. The number of thiophene rings is 1. The van der Waals surface area contributed by atoms with Crippen LogP contribution in [0.2, 0.25) is 5.15 Å². The molecule has 2 aromatic rings. The van der Waals surface area contributed by atoms with E-state index in [1.165, 1.54) is 11.3 Å². The Bertz CT molecular complexity index is 697. The summed E-state index contributed by atoms with van der Waals surface area (Å²) >= 11 is 10.8. The van der Waals surface area contributed by atoms with Crippen LogP contribution >= 0.6 is 38.9 Å². The molecule has 0 radical (unpaired) electrons. The van der Waals surface area contributed by atoms with Crippen LogP contribution in [0.4, 0.5) is 0 Å². The molecule has 1 atom stereocenters. The largest absolute Gasteiger partial charge is 0.488 e. The van der Waals surface area contributed by atoms with Crippen LogP contribution < -0.4 is 4.74 Å². The van der Waals surface area contributed by atoms with Gasteiger partial charge in [0.25, 0.3) is 5.91 Å². The number of rotatable bonds is 4. The van der Waals surface area contributed by atoms with E-state index in [1.54, 1.807) is 23.2 Å². The Morgan fingerprint density at radius 2 is 2.39 bits per heavy atom. The van der Waals surface area contributed by atoms with Crippen molar-refractivity contribution in [3.8, 4) is 5.75 Å². The molecule has 8 heteroatoms. The quantitative estimate of drug-likeness (QED) is 0.715. The molecule has 0 spiro atoms. The van der Waals surface area contributed by atoms with Crippen molar-refractivity contribution in [1.82, 2.24) is 9.88 Å². The highest BCUT2D eigenvalue weighted by molar-refractivity contribution is 9.11. The Hall–Kier alpha value is -1.15. The van der Waals surface area contributed by atoms with E-state index in [4.69, 9.17) is 21.1 Å². The molecule has 0 bridgehead atoms. The average Bonchev–Trinajstić information content (AvgIpc) is 3.00. The molecule has 1 fully saturated rings. The number of nitrogens with zero attached hydrogens (tertiary/aromatic N) is 2. The molecule has 0 aliphatic carbocycles. The van der Waals surface area contributed by atoms with Crippen LogP contribution in [0.3, 0.4) is 0 Å². The van der Waals surface area contributed by atoms with Gasteiger partial charge in [-0.15, -0.1) is 11.3 Å². The van der Waals surface area contributed by atoms with Crippen LogP contribution in [0, 0.1) is 0 Å². The number of halogens is 2. The van der Waals surface area contributed by atoms with Crippen molar-refractivity contribution in [2.75, 3.05) is 26.3 Å². The van der Waals surface area contributed by atoms with E-state index in [1.807, 2.05) is 12.1 Å². The first-order chi connectivity index (χ1) is 11.1. The highest BCUT2D eigenvalue weighted by Crippen LogP contribution is 2.24. The van der Waals surface area contributed by atoms with Gasteiger partial charge >= 0.3 is 0 Å². The monoisotopic (exact) mass is 416 g/mol. The molecule has 0 saturated carbocycles. The van der Waals surface area contributed by atoms with Gasteiger partial charge in [0.2, 0.25) is 0 Å². The van der Waals surface area contributed by atoms with E-state index < -0.39 is 0 Å². The molecule has 0 aromatic carbocycles. The lowest BCUT2D eigenvalue weighted by atomic mass is 10.2. The average molecular weight is 418 g/mol. The second-order valence-electron chi connectivity index (χ2n) is 4.95. The lowest BCUT2D eigenvalue weighted by molar-refractivity contribution is -0.0400. The third kappa shape index (κ3) is 4.23. The van der Waals surface area contributed by atoms with Gasteiger partial charge < -0.3 is 14.4 Å². The fraction of sp³-hybridized carbons (Fsp3) is 0.333. The number of amides is 1. The second kappa shape index (κ2) is 7.61. The van der Waals surface area contributed by atoms with Crippen LogP contribution in [0.5, 0.6) is 5.75 Å². The number of pyridine rings is 1. The molecule has 3 rings (SSSR count). The van der Waals surface area contributed by atoms with E-state index in [0.717, 1.165) is 3.79 Å². The summed E-state index contributed by atoms with van der Waals surface area (Å²) in [5.41, 5.74) is 0. The summed E-state index contributed by atoms with van der Waals surface area (Å²) in [6.45, 7) is 1.89. The molecule has 1 amide bonds. The van der Waals surface area contributed by atoms with Crippen LogP contribution in [-0.2, 0) is 4.74 Å². The number of morpholine rings is 1. The lowest BCUT2D eigenvalue weighted by Crippen LogP contribution is -2.47. The van der Waals surface area contributed by atoms with E-state index in [-0.39, 0.29) is 12.0 Å². The summed E-state index contributed by atoms with van der Waals surface area (Å²) in [6.07, 6.45) is 1.42. The molecule has 5 nitrogen and oxygen atoms in total. The Kier molecular flexibility index (Phi) is 5.53. The predicted octanol–water partition coefficient (Wildman–Crippen LogP) is 3.48. The van der Waals surface area contributed by atoms with Crippen molar-refractivity contribution in [2.24, 2.45) is 0 Å². The molecule has 122 valence electrons. The van der Waals surface area contributed by atoms with Crippen LogP contribution in [-0.4, -0.2) is 48.2 Å². The summed E-state index contributed by atoms with van der Waals surface area (Å²) in [4.78, 5) is 18.9. The van der Waals surface area contributed by atoms with Crippen molar-refractivity contribution in [1.29, 1.82) is 0 Å². The van der Waals surface area contributed by atoms with Gasteiger partial charge in [-0.3, -0.25) is 4.79 Å². The molecular formula is C15H14BrClN2O3S. The van der Waals surface area contributed by atoms with Gasteiger partial charge in [-0.1, -0.05) is 11.6 Å². The van der Waals surface area contributed by atoms with E-state index in [0.29, 0.717) is 42.1 Å². The summed E-state index contributed by atoms with van der Waals surface area (Å²) < 4.78 is 12.3. The number of carbonyl (C=O) groups is 1. The van der Waals surface area contributed by atoms with Crippen LogP contribution in [0.15, 0.2) is 34.2 Å². The normalized spacial score (nSPS) is 18.0. The number of hydrogen-bond donors (Lipinski definition) is 0. The molecule has 23 heavy (non-hydrogen) atoms. The van der Waals surface area contributed by atoms with E-state index >= 15 is 0 Å². The smallest absolute Gasteiger partial charge is 0.264 e. The van der Waals surface area contributed by atoms with Gasteiger partial charge in [0, 0.05) is 12.7 Å². The molecule has 0 N–H and O–H groups in total. The third-order valence-corrected chi connectivity index (χ3v) is 5.26. The predicted molar refractivity (Wildman–Crippen MR) is 92.4 cm³/mol. The Labute approximate surface area is 151 Å². The van der Waals surface area contributed by atoms with Crippen molar-refractivity contribution in [3.63, 3.8) is 0 Å². The Morgan fingerprint density at radius 1 is 1.52 bits per heavy atom.